The highest BCUT2D eigenvalue weighted by molar-refractivity contribution is 8.06. The van der Waals surface area contributed by atoms with Gasteiger partial charge in [-0.05, 0) is 0 Å². The lowest BCUT2D eigenvalue weighted by Gasteiger charge is -2.12. The lowest BCUT2D eigenvalue weighted by atomic mass is 10.6. The van der Waals surface area contributed by atoms with Gasteiger partial charge in [-0.15, -0.1) is 23.5 Å². The average Bonchev–Trinajstić information content (AvgIpc) is 2.67. The van der Waals surface area contributed by atoms with Crippen LogP contribution in [-0.2, 0) is 0 Å². The molecule has 0 aromatic rings. The second kappa shape index (κ2) is 8.64. The van der Waals surface area contributed by atoms with Crippen molar-refractivity contribution in [3.8, 4) is 0 Å². The number of hydrogen-bond acceptors (Lipinski definition) is 6. The van der Waals surface area contributed by atoms with Crippen molar-refractivity contribution in [2.75, 3.05) is 42.1 Å². The smallest absolute Gasteiger partial charge is 0.0686 e. The van der Waals surface area contributed by atoms with E-state index < -0.39 is 0 Å². The van der Waals surface area contributed by atoms with Gasteiger partial charge in [0, 0.05) is 41.5 Å². The van der Waals surface area contributed by atoms with E-state index in [9.17, 15) is 0 Å². The zero-order valence-electron chi connectivity index (χ0n) is 8.85. The molecule has 0 spiro atoms. The number of nitrogens with two attached hydrogens (primary N) is 2. The third-order valence-electron chi connectivity index (χ3n) is 1.77. The lowest BCUT2D eigenvalue weighted by molar-refractivity contribution is 0.529. The Morgan fingerprint density at radius 2 is 2.00 bits per heavy atom. The van der Waals surface area contributed by atoms with E-state index in [4.69, 9.17) is 11.5 Å². The first-order valence-corrected chi connectivity index (χ1v) is 8.29. The molecule has 1 rings (SSSR count). The molecule has 6 heteroatoms. The van der Waals surface area contributed by atoms with E-state index in [1.165, 1.54) is 4.91 Å². The fraction of sp³-hybridized carbons (Fsp3) is 0.778. The Hall–Kier alpha value is 0.510. The van der Waals surface area contributed by atoms with Crippen molar-refractivity contribution in [3.05, 3.63) is 11.1 Å². The highest BCUT2D eigenvalue weighted by atomic mass is 32.2. The zero-order valence-corrected chi connectivity index (χ0v) is 11.3. The highest BCUT2D eigenvalue weighted by Crippen LogP contribution is 2.29. The van der Waals surface area contributed by atoms with E-state index in [-0.39, 0.29) is 0 Å². The SMILES string of the molecule is NCCSCC1=CN(CSCCN)CS1. The maximum Gasteiger partial charge on any atom is 0.0686 e. The van der Waals surface area contributed by atoms with Gasteiger partial charge in [0.25, 0.3) is 0 Å². The monoisotopic (exact) mass is 265 g/mol. The van der Waals surface area contributed by atoms with Crippen molar-refractivity contribution in [1.29, 1.82) is 0 Å². The molecule has 4 N–H and O–H groups in total. The van der Waals surface area contributed by atoms with Crippen LogP contribution in [0.25, 0.3) is 0 Å². The number of nitrogens with zero attached hydrogens (tertiary/aromatic N) is 1. The summed E-state index contributed by atoms with van der Waals surface area (Å²) in [5, 5.41) is 0. The summed E-state index contributed by atoms with van der Waals surface area (Å²) in [5.41, 5.74) is 10.9. The minimum absolute atomic E-state index is 0.772. The molecular weight excluding hydrogens is 246 g/mol. The molecule has 0 aromatic carbocycles. The van der Waals surface area contributed by atoms with E-state index >= 15 is 0 Å². The predicted molar refractivity (Wildman–Crippen MR) is 75.1 cm³/mol. The van der Waals surface area contributed by atoms with Crippen LogP contribution >= 0.6 is 35.3 Å². The Balaban J connectivity index is 2.10. The molecule has 88 valence electrons. The predicted octanol–water partition coefficient (Wildman–Crippen LogP) is 1.18. The normalized spacial score (nSPS) is 15.9. The van der Waals surface area contributed by atoms with Crippen LogP contribution in [0, 0.1) is 0 Å². The molecule has 15 heavy (non-hydrogen) atoms. The van der Waals surface area contributed by atoms with Gasteiger partial charge in [-0.1, -0.05) is 0 Å². The first kappa shape index (κ1) is 13.6. The molecule has 0 radical (unpaired) electrons. The summed E-state index contributed by atoms with van der Waals surface area (Å²) in [4.78, 5) is 3.82. The Labute approximate surface area is 105 Å². The summed E-state index contributed by atoms with van der Waals surface area (Å²) in [7, 11) is 0. The highest BCUT2D eigenvalue weighted by Gasteiger charge is 2.12. The second-order valence-corrected chi connectivity index (χ2v) is 6.38. The third-order valence-corrected chi connectivity index (χ3v) is 5.11. The van der Waals surface area contributed by atoms with Gasteiger partial charge in [0.15, 0.2) is 0 Å². The van der Waals surface area contributed by atoms with Gasteiger partial charge in [-0.3, -0.25) is 0 Å². The largest absolute Gasteiger partial charge is 0.358 e. The van der Waals surface area contributed by atoms with Crippen LogP contribution in [0.2, 0.25) is 0 Å². The molecular formula is C9H19N3S3. The molecule has 0 bridgehead atoms. The molecule has 0 aromatic heterocycles. The topological polar surface area (TPSA) is 55.3 Å². The van der Waals surface area contributed by atoms with Crippen molar-refractivity contribution in [2.24, 2.45) is 11.5 Å². The van der Waals surface area contributed by atoms with Crippen LogP contribution in [-0.4, -0.2) is 47.0 Å². The molecule has 0 unspecified atom stereocenters. The van der Waals surface area contributed by atoms with Gasteiger partial charge in [-0.25, -0.2) is 0 Å². The zero-order chi connectivity index (χ0) is 10.9. The van der Waals surface area contributed by atoms with Gasteiger partial charge in [0.05, 0.1) is 11.8 Å². The van der Waals surface area contributed by atoms with Crippen LogP contribution in [0.4, 0.5) is 0 Å². The summed E-state index contributed by atoms with van der Waals surface area (Å²) in [6.45, 7) is 1.55. The number of rotatable bonds is 8. The van der Waals surface area contributed by atoms with Crippen LogP contribution in [0.5, 0.6) is 0 Å². The van der Waals surface area contributed by atoms with Crippen molar-refractivity contribution in [3.63, 3.8) is 0 Å². The number of hydrogen-bond donors (Lipinski definition) is 2. The summed E-state index contributed by atoms with van der Waals surface area (Å²) in [6.07, 6.45) is 2.28. The van der Waals surface area contributed by atoms with Crippen LogP contribution in [0.1, 0.15) is 0 Å². The summed E-state index contributed by atoms with van der Waals surface area (Å²) < 4.78 is 0. The van der Waals surface area contributed by atoms with E-state index in [1.807, 2.05) is 35.3 Å². The van der Waals surface area contributed by atoms with Gasteiger partial charge in [0.1, 0.15) is 0 Å². The van der Waals surface area contributed by atoms with E-state index in [0.717, 1.165) is 42.1 Å². The molecule has 1 aliphatic heterocycles. The fourth-order valence-electron chi connectivity index (χ4n) is 1.12. The van der Waals surface area contributed by atoms with E-state index in [2.05, 4.69) is 11.1 Å². The Morgan fingerprint density at radius 3 is 2.73 bits per heavy atom. The van der Waals surface area contributed by atoms with Gasteiger partial charge < -0.3 is 16.4 Å². The van der Waals surface area contributed by atoms with E-state index in [1.54, 1.807) is 0 Å². The fourth-order valence-corrected chi connectivity index (χ4v) is 3.82. The quantitative estimate of drug-likeness (QED) is 0.643. The summed E-state index contributed by atoms with van der Waals surface area (Å²) in [5.74, 6) is 5.37. The minimum atomic E-state index is 0.772. The van der Waals surface area contributed by atoms with Crippen LogP contribution in [0.3, 0.4) is 0 Å². The molecule has 0 amide bonds. The standard InChI is InChI=1S/C9H19N3S3/c10-1-3-13-6-9-5-12(8-15-9)7-14-4-2-11/h5H,1-4,6-8,10-11H2. The molecule has 0 fully saturated rings. The first-order valence-electron chi connectivity index (χ1n) is 5.00. The van der Waals surface area contributed by atoms with Crippen molar-refractivity contribution in [2.45, 2.75) is 0 Å². The van der Waals surface area contributed by atoms with Gasteiger partial charge in [0.2, 0.25) is 0 Å². The Morgan fingerprint density at radius 1 is 1.27 bits per heavy atom. The van der Waals surface area contributed by atoms with Crippen LogP contribution in [0.15, 0.2) is 11.1 Å². The summed E-state index contributed by atoms with van der Waals surface area (Å²) >= 11 is 5.75. The van der Waals surface area contributed by atoms with Crippen molar-refractivity contribution >= 4 is 35.3 Å². The molecule has 1 heterocycles. The molecule has 3 nitrogen and oxygen atoms in total. The number of thioether (sulfide) groups is 3. The first-order chi connectivity index (χ1) is 7.36. The molecule has 0 saturated heterocycles. The van der Waals surface area contributed by atoms with Crippen molar-refractivity contribution < 1.29 is 0 Å². The Kier molecular flexibility index (Phi) is 7.82. The molecule has 0 atom stereocenters. The van der Waals surface area contributed by atoms with E-state index in [0.29, 0.717) is 0 Å². The van der Waals surface area contributed by atoms with Gasteiger partial charge in [-0.2, -0.15) is 11.8 Å². The van der Waals surface area contributed by atoms with Crippen LogP contribution < -0.4 is 11.5 Å². The average molecular weight is 265 g/mol. The minimum Gasteiger partial charge on any atom is -0.358 e. The Bertz CT molecular complexity index is 199. The maximum absolute atomic E-state index is 5.45. The lowest BCUT2D eigenvalue weighted by Crippen LogP contribution is -2.13. The molecule has 0 aliphatic carbocycles. The molecule has 1 aliphatic rings. The third kappa shape index (κ3) is 5.97. The molecule has 0 saturated carbocycles. The second-order valence-electron chi connectivity index (χ2n) is 3.12. The maximum atomic E-state index is 5.45. The van der Waals surface area contributed by atoms with Gasteiger partial charge >= 0.3 is 0 Å². The summed E-state index contributed by atoms with van der Waals surface area (Å²) in [6, 6.07) is 0. The van der Waals surface area contributed by atoms with Crippen molar-refractivity contribution in [1.82, 2.24) is 4.90 Å².